The fraction of sp³-hybridized carbons (Fsp3) is 0.143. The topological polar surface area (TPSA) is 38.0 Å². The van der Waals surface area contributed by atoms with Gasteiger partial charge in [-0.2, -0.15) is 0 Å². The molecule has 2 rings (SSSR count). The lowest BCUT2D eigenvalue weighted by Crippen LogP contribution is -2.21. The normalized spacial score (nSPS) is 12.2. The molecule has 1 unspecified atom stereocenters. The molecule has 0 aliphatic heterocycles. The summed E-state index contributed by atoms with van der Waals surface area (Å²) in [7, 11) is 0. The molecule has 2 aromatic rings. The van der Waals surface area contributed by atoms with Gasteiger partial charge in [0.1, 0.15) is 0 Å². The first-order valence-corrected chi connectivity index (χ1v) is 8.22. The third kappa shape index (κ3) is 3.89. The van der Waals surface area contributed by atoms with Gasteiger partial charge in [-0.25, -0.2) is 0 Å². The van der Waals surface area contributed by atoms with Crippen LogP contribution in [0.4, 0.5) is 5.69 Å². The second-order valence-electron chi connectivity index (χ2n) is 4.23. The highest BCUT2D eigenvalue weighted by Crippen LogP contribution is 2.31. The molecule has 0 radical (unpaired) electrons. The molecule has 0 aliphatic rings. The molecule has 0 heterocycles. The lowest BCUT2D eigenvalue weighted by atomic mass is 10.1. The quantitative estimate of drug-likeness (QED) is 0.649. The predicted molar refractivity (Wildman–Crippen MR) is 93.7 cm³/mol. The average Bonchev–Trinajstić information content (AvgIpc) is 2.41. The molecule has 106 valence electrons. The maximum Gasteiger partial charge on any atom is 0.0647 e. The lowest BCUT2D eigenvalue weighted by molar-refractivity contribution is 0.786. The molecule has 0 bridgehead atoms. The number of halogens is 4. The van der Waals surface area contributed by atoms with Crippen LogP contribution >= 0.6 is 55.1 Å². The number of hydrogen-bond donors (Lipinski definition) is 2. The van der Waals surface area contributed by atoms with Gasteiger partial charge in [-0.15, -0.1) is 0 Å². The Morgan fingerprint density at radius 3 is 2.40 bits per heavy atom. The molecule has 2 nitrogen and oxygen atoms in total. The van der Waals surface area contributed by atoms with Crippen molar-refractivity contribution < 1.29 is 0 Å². The zero-order valence-electron chi connectivity index (χ0n) is 10.3. The number of nitrogens with one attached hydrogen (secondary N) is 1. The van der Waals surface area contributed by atoms with E-state index in [1.807, 2.05) is 36.4 Å². The highest BCUT2D eigenvalue weighted by Gasteiger charge is 2.13. The first-order chi connectivity index (χ1) is 9.51. The molecule has 0 amide bonds. The van der Waals surface area contributed by atoms with Gasteiger partial charge in [-0.05, 0) is 51.8 Å². The summed E-state index contributed by atoms with van der Waals surface area (Å²) in [4.78, 5) is 0. The number of anilines is 1. The van der Waals surface area contributed by atoms with Gasteiger partial charge >= 0.3 is 0 Å². The van der Waals surface area contributed by atoms with E-state index in [0.717, 1.165) is 20.2 Å². The summed E-state index contributed by atoms with van der Waals surface area (Å²) in [6.07, 6.45) is 0. The average molecular weight is 439 g/mol. The molecule has 20 heavy (non-hydrogen) atoms. The van der Waals surface area contributed by atoms with Crippen LogP contribution in [-0.2, 0) is 0 Å². The maximum absolute atomic E-state index is 6.09. The Morgan fingerprint density at radius 1 is 1.05 bits per heavy atom. The highest BCUT2D eigenvalue weighted by atomic mass is 79.9. The summed E-state index contributed by atoms with van der Waals surface area (Å²) in [5, 5.41) is 4.71. The van der Waals surface area contributed by atoms with Gasteiger partial charge < -0.3 is 11.1 Å². The molecule has 0 fully saturated rings. The van der Waals surface area contributed by atoms with Crippen molar-refractivity contribution in [2.24, 2.45) is 5.73 Å². The van der Waals surface area contributed by atoms with Crippen molar-refractivity contribution in [1.29, 1.82) is 0 Å². The second kappa shape index (κ2) is 7.14. The van der Waals surface area contributed by atoms with E-state index in [1.54, 1.807) is 0 Å². The van der Waals surface area contributed by atoms with Gasteiger partial charge in [-0.1, -0.05) is 45.2 Å². The Morgan fingerprint density at radius 2 is 1.80 bits per heavy atom. The summed E-state index contributed by atoms with van der Waals surface area (Å²) in [5.74, 6) is 0. The first-order valence-electron chi connectivity index (χ1n) is 5.88. The highest BCUT2D eigenvalue weighted by molar-refractivity contribution is 9.10. The molecule has 0 aromatic heterocycles. The van der Waals surface area contributed by atoms with Crippen LogP contribution in [-0.4, -0.2) is 6.54 Å². The third-order valence-corrected chi connectivity index (χ3v) is 4.99. The molecule has 0 saturated heterocycles. The predicted octanol–water partition coefficient (Wildman–Crippen LogP) is 5.63. The van der Waals surface area contributed by atoms with Crippen LogP contribution in [0.5, 0.6) is 0 Å². The largest absolute Gasteiger partial charge is 0.377 e. The van der Waals surface area contributed by atoms with Crippen molar-refractivity contribution in [2.45, 2.75) is 6.04 Å². The smallest absolute Gasteiger partial charge is 0.0647 e. The van der Waals surface area contributed by atoms with Crippen molar-refractivity contribution in [3.05, 3.63) is 61.0 Å². The summed E-state index contributed by atoms with van der Waals surface area (Å²) >= 11 is 18.9. The minimum Gasteiger partial charge on any atom is -0.377 e. The SMILES string of the molecule is NCC(Nc1ccc(Br)c(Cl)c1)c1ccc(Cl)cc1Br. The second-order valence-corrected chi connectivity index (χ2v) is 6.78. The zero-order chi connectivity index (χ0) is 14.7. The maximum atomic E-state index is 6.09. The van der Waals surface area contributed by atoms with Crippen molar-refractivity contribution in [1.82, 2.24) is 0 Å². The lowest BCUT2D eigenvalue weighted by Gasteiger charge is -2.20. The van der Waals surface area contributed by atoms with E-state index in [-0.39, 0.29) is 6.04 Å². The van der Waals surface area contributed by atoms with Crippen LogP contribution in [0.15, 0.2) is 45.3 Å². The van der Waals surface area contributed by atoms with Gasteiger partial charge in [0.25, 0.3) is 0 Å². The van der Waals surface area contributed by atoms with E-state index in [1.165, 1.54) is 0 Å². The molecule has 6 heteroatoms. The third-order valence-electron chi connectivity index (χ3n) is 2.83. The molecule has 0 saturated carbocycles. The fourth-order valence-electron chi connectivity index (χ4n) is 1.83. The van der Waals surface area contributed by atoms with Crippen LogP contribution in [0.25, 0.3) is 0 Å². The molecule has 2 aromatic carbocycles. The Hall–Kier alpha value is -0.260. The number of benzene rings is 2. The van der Waals surface area contributed by atoms with E-state index >= 15 is 0 Å². The van der Waals surface area contributed by atoms with Crippen molar-refractivity contribution in [3.8, 4) is 0 Å². The Kier molecular flexibility index (Phi) is 5.75. The fourth-order valence-corrected chi connectivity index (χ4v) is 3.22. The van der Waals surface area contributed by atoms with Crippen LogP contribution < -0.4 is 11.1 Å². The standard InChI is InChI=1S/C14H12Br2Cl2N2/c15-11-4-2-9(6-13(11)18)20-14(7-19)10-3-1-8(17)5-12(10)16/h1-6,14,20H,7,19H2. The monoisotopic (exact) mass is 436 g/mol. The van der Waals surface area contributed by atoms with E-state index in [4.69, 9.17) is 28.9 Å². The molecular weight excluding hydrogens is 427 g/mol. The first kappa shape index (κ1) is 16.1. The summed E-state index contributed by atoms with van der Waals surface area (Å²) in [6, 6.07) is 11.3. The summed E-state index contributed by atoms with van der Waals surface area (Å²) in [6.45, 7) is 0.452. The van der Waals surface area contributed by atoms with E-state index in [2.05, 4.69) is 37.2 Å². The summed E-state index contributed by atoms with van der Waals surface area (Å²) < 4.78 is 1.79. The van der Waals surface area contributed by atoms with Gasteiger partial charge in [0.15, 0.2) is 0 Å². The Bertz CT molecular complexity index is 620. The van der Waals surface area contributed by atoms with Crippen molar-refractivity contribution >= 4 is 60.7 Å². The van der Waals surface area contributed by atoms with Crippen LogP contribution in [0.3, 0.4) is 0 Å². The minimum absolute atomic E-state index is 0.0288. The molecule has 1 atom stereocenters. The number of rotatable bonds is 4. The summed E-state index contributed by atoms with van der Waals surface area (Å²) in [5.41, 5.74) is 7.83. The van der Waals surface area contributed by atoms with Gasteiger partial charge in [0.05, 0.1) is 11.1 Å². The van der Waals surface area contributed by atoms with Gasteiger partial charge in [-0.3, -0.25) is 0 Å². The van der Waals surface area contributed by atoms with Gasteiger partial charge in [0, 0.05) is 26.2 Å². The van der Waals surface area contributed by atoms with E-state index < -0.39 is 0 Å². The number of nitrogens with two attached hydrogens (primary N) is 1. The van der Waals surface area contributed by atoms with Crippen molar-refractivity contribution in [2.75, 3.05) is 11.9 Å². The van der Waals surface area contributed by atoms with E-state index in [0.29, 0.717) is 16.6 Å². The number of hydrogen-bond acceptors (Lipinski definition) is 2. The van der Waals surface area contributed by atoms with Crippen LogP contribution in [0, 0.1) is 0 Å². The van der Waals surface area contributed by atoms with Crippen molar-refractivity contribution in [3.63, 3.8) is 0 Å². The minimum atomic E-state index is -0.0288. The molecule has 0 aliphatic carbocycles. The Balaban J connectivity index is 2.26. The Labute approximate surface area is 144 Å². The zero-order valence-corrected chi connectivity index (χ0v) is 15.0. The van der Waals surface area contributed by atoms with Crippen LogP contribution in [0.1, 0.15) is 11.6 Å². The molecule has 0 spiro atoms. The van der Waals surface area contributed by atoms with Gasteiger partial charge in [0.2, 0.25) is 0 Å². The van der Waals surface area contributed by atoms with Crippen LogP contribution in [0.2, 0.25) is 10.0 Å². The molecular formula is C14H12Br2Cl2N2. The molecule has 3 N–H and O–H groups in total. The van der Waals surface area contributed by atoms with E-state index in [9.17, 15) is 0 Å².